The number of nitrogens with zero attached hydrogens (tertiary/aromatic N) is 3. The van der Waals surface area contributed by atoms with Crippen LogP contribution in [0.2, 0.25) is 0 Å². The highest BCUT2D eigenvalue weighted by molar-refractivity contribution is 14.1. The van der Waals surface area contributed by atoms with Crippen molar-refractivity contribution in [3.05, 3.63) is 89.1 Å². The zero-order valence-corrected chi connectivity index (χ0v) is 24.2. The minimum atomic E-state index is -3.68. The molecule has 204 valence electrons. The molecular weight excluding hydrogens is 640 g/mol. The zero-order valence-electron chi connectivity index (χ0n) is 21.2. The van der Waals surface area contributed by atoms with Crippen LogP contribution in [0.25, 0.3) is 16.7 Å². The third-order valence-electron chi connectivity index (χ3n) is 6.55. The lowest BCUT2D eigenvalue weighted by Crippen LogP contribution is -2.41. The molecule has 10 nitrogen and oxygen atoms in total. The minimum absolute atomic E-state index is 0.00770. The summed E-state index contributed by atoms with van der Waals surface area (Å²) >= 11 is 1.97. The first-order chi connectivity index (χ1) is 18.4. The highest BCUT2D eigenvalue weighted by atomic mass is 127. The molecule has 0 radical (unpaired) electrons. The molecule has 4 aromatic rings. The van der Waals surface area contributed by atoms with Gasteiger partial charge >= 0.3 is 5.69 Å². The lowest BCUT2D eigenvalue weighted by Gasteiger charge is -2.19. The summed E-state index contributed by atoms with van der Waals surface area (Å²) in [6.45, 7) is 3.08. The summed E-state index contributed by atoms with van der Waals surface area (Å²) in [4.78, 5) is 40.6. The number of aromatic nitrogens is 3. The molecule has 2 heterocycles. The first-order valence-electron chi connectivity index (χ1n) is 12.1. The van der Waals surface area contributed by atoms with E-state index < -0.39 is 37.9 Å². The number of sulfonamides is 1. The third kappa shape index (κ3) is 5.00. The van der Waals surface area contributed by atoms with Gasteiger partial charge in [-0.05, 0) is 85.7 Å². The molecule has 39 heavy (non-hydrogen) atoms. The number of nitrogens with one attached hydrogen (secondary N) is 2. The Morgan fingerprint density at radius 1 is 1.03 bits per heavy atom. The quantitative estimate of drug-likeness (QED) is 0.290. The monoisotopic (exact) mass is 665 g/mol. The molecule has 5 rings (SSSR count). The molecule has 13 heteroatoms. The molecule has 2 N–H and O–H groups in total. The van der Waals surface area contributed by atoms with E-state index in [1.54, 1.807) is 24.3 Å². The van der Waals surface area contributed by atoms with Crippen LogP contribution in [-0.2, 0) is 17.1 Å². The minimum Gasteiger partial charge on any atom is -0.352 e. The summed E-state index contributed by atoms with van der Waals surface area (Å²) in [6, 6.07) is 11.5. The largest absolute Gasteiger partial charge is 0.352 e. The van der Waals surface area contributed by atoms with Gasteiger partial charge in [-0.2, -0.15) is 0 Å². The Labute approximate surface area is 236 Å². The number of hydrogen-bond acceptors (Lipinski definition) is 6. The van der Waals surface area contributed by atoms with E-state index in [1.807, 2.05) is 22.6 Å². The van der Waals surface area contributed by atoms with E-state index in [-0.39, 0.29) is 39.8 Å². The van der Waals surface area contributed by atoms with Crippen LogP contribution in [0.1, 0.15) is 32.7 Å². The molecule has 0 aliphatic heterocycles. The van der Waals surface area contributed by atoms with Crippen LogP contribution in [0, 0.1) is 9.39 Å². The molecular formula is C26H25FIN5O5S. The van der Waals surface area contributed by atoms with Crippen molar-refractivity contribution < 1.29 is 12.8 Å². The van der Waals surface area contributed by atoms with Crippen molar-refractivity contribution in [3.63, 3.8) is 0 Å². The third-order valence-corrected chi connectivity index (χ3v) is 8.98. The van der Waals surface area contributed by atoms with Gasteiger partial charge in [0.1, 0.15) is 16.9 Å². The summed E-state index contributed by atoms with van der Waals surface area (Å²) < 4.78 is 46.4. The van der Waals surface area contributed by atoms with Crippen LogP contribution in [-0.4, -0.2) is 27.4 Å². The first kappa shape index (κ1) is 27.1. The summed E-state index contributed by atoms with van der Waals surface area (Å²) in [5.74, 6) is -0.572. The fourth-order valence-electron chi connectivity index (χ4n) is 4.28. The first-order valence-corrected chi connectivity index (χ1v) is 14.8. The maximum Gasteiger partial charge on any atom is 0.337 e. The standard InChI is InChI=1S/C26H25FIN5O5S/c1-14(2)39(37,38)30-16-5-4-6-18(12-16)32-24-23(25(35)33(26(32)36)17-8-9-17)21(13-22(34)31(24)3)29-20-10-7-15(28)11-19(20)27/h4-7,10-14,17,29-30H,8-9H2,1-3H3. The van der Waals surface area contributed by atoms with Crippen molar-refractivity contribution in [2.45, 2.75) is 38.0 Å². The van der Waals surface area contributed by atoms with Crippen molar-refractivity contribution in [3.8, 4) is 5.69 Å². The number of pyridine rings is 1. The van der Waals surface area contributed by atoms with Crippen molar-refractivity contribution in [1.82, 2.24) is 13.7 Å². The Morgan fingerprint density at radius 3 is 2.38 bits per heavy atom. The molecule has 2 aromatic carbocycles. The predicted molar refractivity (Wildman–Crippen MR) is 157 cm³/mol. The van der Waals surface area contributed by atoms with Crippen LogP contribution < -0.4 is 26.8 Å². The van der Waals surface area contributed by atoms with Gasteiger partial charge in [-0.15, -0.1) is 0 Å². The summed E-state index contributed by atoms with van der Waals surface area (Å²) in [7, 11) is -2.25. The summed E-state index contributed by atoms with van der Waals surface area (Å²) in [6.07, 6.45) is 1.27. The number of rotatable bonds is 7. The molecule has 1 aliphatic rings. The highest BCUT2D eigenvalue weighted by Gasteiger charge is 2.31. The fraction of sp³-hybridized carbons (Fsp3) is 0.269. The van der Waals surface area contributed by atoms with Crippen LogP contribution >= 0.6 is 22.6 Å². The van der Waals surface area contributed by atoms with Gasteiger partial charge < -0.3 is 5.32 Å². The molecule has 0 saturated heterocycles. The van der Waals surface area contributed by atoms with Crippen LogP contribution in [0.3, 0.4) is 0 Å². The maximum atomic E-state index is 14.7. The van der Waals surface area contributed by atoms with Crippen molar-refractivity contribution in [2.75, 3.05) is 10.0 Å². The van der Waals surface area contributed by atoms with Gasteiger partial charge in [0.05, 0.1) is 28.0 Å². The van der Waals surface area contributed by atoms with Crippen molar-refractivity contribution in [2.24, 2.45) is 7.05 Å². The van der Waals surface area contributed by atoms with Crippen LogP contribution in [0.4, 0.5) is 21.5 Å². The summed E-state index contributed by atoms with van der Waals surface area (Å²) in [5.41, 5.74) is -1.23. The van der Waals surface area contributed by atoms with Crippen LogP contribution in [0.15, 0.2) is 62.9 Å². The van der Waals surface area contributed by atoms with Crippen molar-refractivity contribution in [1.29, 1.82) is 0 Å². The SMILES string of the molecule is CC(C)S(=O)(=O)Nc1cccc(-n2c(=O)n(C3CC3)c(=O)c3c(Nc4ccc(I)cc4F)cc(=O)n(C)c32)c1. The Kier molecular flexibility index (Phi) is 6.91. The number of hydrogen-bond donors (Lipinski definition) is 2. The second-order valence-electron chi connectivity index (χ2n) is 9.67. The van der Waals surface area contributed by atoms with Gasteiger partial charge in [0.15, 0.2) is 0 Å². The normalized spacial score (nSPS) is 13.7. The Morgan fingerprint density at radius 2 is 1.74 bits per heavy atom. The fourth-order valence-corrected chi connectivity index (χ4v) is 5.42. The topological polar surface area (TPSA) is 124 Å². The van der Waals surface area contributed by atoms with E-state index in [4.69, 9.17) is 0 Å². The van der Waals surface area contributed by atoms with Gasteiger partial charge in [-0.25, -0.2) is 22.2 Å². The highest BCUT2D eigenvalue weighted by Crippen LogP contribution is 2.34. The lowest BCUT2D eigenvalue weighted by atomic mass is 10.2. The van der Waals surface area contributed by atoms with E-state index in [9.17, 15) is 27.2 Å². The second-order valence-corrected chi connectivity index (χ2v) is 13.2. The number of benzene rings is 2. The summed E-state index contributed by atoms with van der Waals surface area (Å²) in [5, 5.41) is 2.21. The average molecular weight is 665 g/mol. The molecule has 1 saturated carbocycles. The van der Waals surface area contributed by atoms with Gasteiger partial charge in [0.25, 0.3) is 11.1 Å². The molecule has 0 bridgehead atoms. The number of aryl methyl sites for hydroxylation is 1. The Balaban J connectivity index is 1.82. The van der Waals surface area contributed by atoms with E-state index >= 15 is 0 Å². The molecule has 2 aromatic heterocycles. The molecule has 1 aliphatic carbocycles. The molecule has 0 unspecified atom stereocenters. The molecule has 1 fully saturated rings. The molecule has 0 atom stereocenters. The number of halogens is 2. The molecule has 0 amide bonds. The van der Waals surface area contributed by atoms with Crippen LogP contribution in [0.5, 0.6) is 0 Å². The maximum absolute atomic E-state index is 14.7. The Bertz CT molecular complexity index is 1930. The predicted octanol–water partition coefficient (Wildman–Crippen LogP) is 3.82. The lowest BCUT2D eigenvalue weighted by molar-refractivity contribution is 0.593. The van der Waals surface area contributed by atoms with E-state index in [1.165, 1.54) is 54.3 Å². The number of anilines is 3. The van der Waals surface area contributed by atoms with E-state index in [0.717, 1.165) is 4.57 Å². The van der Waals surface area contributed by atoms with Crippen molar-refractivity contribution >= 4 is 60.7 Å². The van der Waals surface area contributed by atoms with E-state index in [0.29, 0.717) is 16.4 Å². The van der Waals surface area contributed by atoms with Gasteiger partial charge in [-0.1, -0.05) is 6.07 Å². The van der Waals surface area contributed by atoms with E-state index in [2.05, 4.69) is 10.0 Å². The smallest absolute Gasteiger partial charge is 0.337 e. The van der Waals surface area contributed by atoms with Gasteiger partial charge in [0, 0.05) is 22.7 Å². The number of fused-ring (bicyclic) bond motifs is 1. The van der Waals surface area contributed by atoms with Gasteiger partial charge in [-0.3, -0.25) is 23.4 Å². The Hall–Kier alpha value is -3.46. The zero-order chi connectivity index (χ0) is 28.2. The second kappa shape index (κ2) is 9.93. The molecule has 0 spiro atoms. The van der Waals surface area contributed by atoms with Gasteiger partial charge in [0.2, 0.25) is 10.0 Å². The average Bonchev–Trinajstić information content (AvgIpc) is 3.69.